The minimum Gasteiger partial charge on any atom is -0.495 e. The van der Waals surface area contributed by atoms with Gasteiger partial charge in [-0.2, -0.15) is 0 Å². The molecular formula is C14H23BrIN3O. The van der Waals surface area contributed by atoms with Gasteiger partial charge >= 0.3 is 0 Å². The standard InChI is InChI=1S/C14H22BrN3O.HI/c1-4-18(5-2)14(16)17-10-9-11-7-6-8-12(15)13(11)19-3;/h6-8H,4-5,9-10H2,1-3H3,(H2,16,17);1H. The first-order valence-electron chi connectivity index (χ1n) is 6.50. The molecule has 0 aromatic heterocycles. The second kappa shape index (κ2) is 10.3. The molecule has 0 heterocycles. The molecule has 0 aliphatic carbocycles. The molecule has 114 valence electrons. The summed E-state index contributed by atoms with van der Waals surface area (Å²) in [6, 6.07) is 6.02. The first-order chi connectivity index (χ1) is 9.13. The average Bonchev–Trinajstić information content (AvgIpc) is 2.40. The lowest BCUT2D eigenvalue weighted by molar-refractivity contribution is 0.407. The van der Waals surface area contributed by atoms with Crippen LogP contribution in [0.15, 0.2) is 27.7 Å². The average molecular weight is 456 g/mol. The van der Waals surface area contributed by atoms with E-state index in [4.69, 9.17) is 10.5 Å². The number of nitrogens with zero attached hydrogens (tertiary/aromatic N) is 2. The highest BCUT2D eigenvalue weighted by Crippen LogP contribution is 2.28. The zero-order valence-electron chi connectivity index (χ0n) is 12.2. The van der Waals surface area contributed by atoms with Gasteiger partial charge in [0.05, 0.1) is 11.6 Å². The van der Waals surface area contributed by atoms with Crippen molar-refractivity contribution in [2.24, 2.45) is 10.7 Å². The van der Waals surface area contributed by atoms with Gasteiger partial charge in [0.25, 0.3) is 0 Å². The molecule has 0 radical (unpaired) electrons. The first-order valence-corrected chi connectivity index (χ1v) is 7.29. The van der Waals surface area contributed by atoms with Gasteiger partial charge in [-0.05, 0) is 47.8 Å². The van der Waals surface area contributed by atoms with Crippen LogP contribution in [0, 0.1) is 0 Å². The van der Waals surface area contributed by atoms with E-state index in [0.29, 0.717) is 12.5 Å². The number of rotatable bonds is 6. The second-order valence-electron chi connectivity index (χ2n) is 4.09. The summed E-state index contributed by atoms with van der Waals surface area (Å²) in [5, 5.41) is 0. The molecule has 0 spiro atoms. The van der Waals surface area contributed by atoms with Gasteiger partial charge in [-0.25, -0.2) is 0 Å². The van der Waals surface area contributed by atoms with Crippen LogP contribution >= 0.6 is 39.9 Å². The smallest absolute Gasteiger partial charge is 0.191 e. The fourth-order valence-corrected chi connectivity index (χ4v) is 2.49. The van der Waals surface area contributed by atoms with E-state index < -0.39 is 0 Å². The highest BCUT2D eigenvalue weighted by molar-refractivity contribution is 14.0. The Morgan fingerprint density at radius 3 is 2.55 bits per heavy atom. The number of benzene rings is 1. The van der Waals surface area contributed by atoms with Crippen LogP contribution in [0.2, 0.25) is 0 Å². The third-order valence-electron chi connectivity index (χ3n) is 3.00. The maximum Gasteiger partial charge on any atom is 0.191 e. The van der Waals surface area contributed by atoms with Crippen LogP contribution < -0.4 is 10.5 Å². The van der Waals surface area contributed by atoms with E-state index in [-0.39, 0.29) is 24.0 Å². The van der Waals surface area contributed by atoms with Gasteiger partial charge in [0.15, 0.2) is 5.96 Å². The Labute approximate surface area is 146 Å². The van der Waals surface area contributed by atoms with Gasteiger partial charge in [0.2, 0.25) is 0 Å². The van der Waals surface area contributed by atoms with Crippen molar-refractivity contribution in [3.63, 3.8) is 0 Å². The quantitative estimate of drug-likeness (QED) is 0.407. The van der Waals surface area contributed by atoms with Crippen molar-refractivity contribution in [1.29, 1.82) is 0 Å². The number of nitrogens with two attached hydrogens (primary N) is 1. The topological polar surface area (TPSA) is 50.8 Å². The molecule has 1 rings (SSSR count). The summed E-state index contributed by atoms with van der Waals surface area (Å²) in [6.07, 6.45) is 0.810. The summed E-state index contributed by atoms with van der Waals surface area (Å²) in [5.74, 6) is 1.48. The Balaban J connectivity index is 0.00000361. The Kier molecular flexibility index (Phi) is 10.0. The number of ether oxygens (including phenoxy) is 1. The molecule has 2 N–H and O–H groups in total. The van der Waals surface area contributed by atoms with Crippen molar-refractivity contribution in [2.75, 3.05) is 26.7 Å². The van der Waals surface area contributed by atoms with E-state index >= 15 is 0 Å². The molecule has 0 aliphatic heterocycles. The van der Waals surface area contributed by atoms with Crippen molar-refractivity contribution in [3.8, 4) is 5.75 Å². The van der Waals surface area contributed by atoms with Crippen molar-refractivity contribution in [1.82, 2.24) is 4.90 Å². The predicted molar refractivity (Wildman–Crippen MR) is 99.2 cm³/mol. The van der Waals surface area contributed by atoms with Crippen LogP contribution in [0.1, 0.15) is 19.4 Å². The molecular weight excluding hydrogens is 433 g/mol. The highest BCUT2D eigenvalue weighted by Gasteiger charge is 2.07. The lowest BCUT2D eigenvalue weighted by Crippen LogP contribution is -2.37. The third kappa shape index (κ3) is 5.47. The van der Waals surface area contributed by atoms with E-state index in [1.165, 1.54) is 0 Å². The fraction of sp³-hybridized carbons (Fsp3) is 0.500. The minimum absolute atomic E-state index is 0. The normalized spacial score (nSPS) is 10.9. The molecule has 0 aliphatic rings. The maximum absolute atomic E-state index is 5.94. The Hall–Kier alpha value is -0.500. The van der Waals surface area contributed by atoms with Crippen molar-refractivity contribution in [3.05, 3.63) is 28.2 Å². The Morgan fingerprint density at radius 2 is 2.00 bits per heavy atom. The zero-order valence-corrected chi connectivity index (χ0v) is 16.1. The predicted octanol–water partition coefficient (Wildman–Crippen LogP) is 3.27. The van der Waals surface area contributed by atoms with Gasteiger partial charge < -0.3 is 15.4 Å². The molecule has 1 aromatic carbocycles. The zero-order chi connectivity index (χ0) is 14.3. The summed E-state index contributed by atoms with van der Waals surface area (Å²) >= 11 is 3.48. The van der Waals surface area contributed by atoms with Gasteiger partial charge in [-0.3, -0.25) is 4.99 Å². The first kappa shape index (κ1) is 19.5. The molecule has 4 nitrogen and oxygen atoms in total. The lowest BCUT2D eigenvalue weighted by atomic mass is 10.1. The molecule has 20 heavy (non-hydrogen) atoms. The van der Waals surface area contributed by atoms with E-state index in [1.54, 1.807) is 7.11 Å². The number of aliphatic imine (C=N–C) groups is 1. The number of methoxy groups -OCH3 is 1. The van der Waals surface area contributed by atoms with Gasteiger partial charge in [-0.15, -0.1) is 24.0 Å². The molecule has 0 bridgehead atoms. The van der Waals surface area contributed by atoms with Crippen LogP contribution in [-0.4, -0.2) is 37.6 Å². The summed E-state index contributed by atoms with van der Waals surface area (Å²) in [6.45, 7) is 6.57. The van der Waals surface area contributed by atoms with Crippen molar-refractivity contribution in [2.45, 2.75) is 20.3 Å². The second-order valence-corrected chi connectivity index (χ2v) is 4.95. The van der Waals surface area contributed by atoms with Crippen LogP contribution in [0.4, 0.5) is 0 Å². The molecule has 0 amide bonds. The van der Waals surface area contributed by atoms with E-state index in [0.717, 1.165) is 35.3 Å². The monoisotopic (exact) mass is 455 g/mol. The Morgan fingerprint density at radius 1 is 1.35 bits per heavy atom. The van der Waals surface area contributed by atoms with Gasteiger partial charge in [-0.1, -0.05) is 12.1 Å². The van der Waals surface area contributed by atoms with E-state index in [1.807, 2.05) is 23.1 Å². The molecule has 0 saturated carbocycles. The molecule has 6 heteroatoms. The van der Waals surface area contributed by atoms with Gasteiger partial charge in [0.1, 0.15) is 5.75 Å². The number of halogens is 2. The maximum atomic E-state index is 5.94. The summed E-state index contributed by atoms with van der Waals surface area (Å²) in [5.41, 5.74) is 7.07. The van der Waals surface area contributed by atoms with Crippen LogP contribution in [0.3, 0.4) is 0 Å². The molecule has 0 saturated heterocycles. The number of guanidine groups is 1. The number of hydrogen-bond donors (Lipinski definition) is 1. The van der Waals surface area contributed by atoms with E-state index in [9.17, 15) is 0 Å². The van der Waals surface area contributed by atoms with Crippen LogP contribution in [0.25, 0.3) is 0 Å². The van der Waals surface area contributed by atoms with Gasteiger partial charge in [0, 0.05) is 19.6 Å². The largest absolute Gasteiger partial charge is 0.495 e. The lowest BCUT2D eigenvalue weighted by Gasteiger charge is -2.19. The van der Waals surface area contributed by atoms with Crippen molar-refractivity contribution < 1.29 is 4.74 Å². The van der Waals surface area contributed by atoms with Crippen molar-refractivity contribution >= 4 is 45.9 Å². The summed E-state index contributed by atoms with van der Waals surface area (Å²) in [7, 11) is 1.68. The Bertz CT molecular complexity index is 436. The number of para-hydroxylation sites is 1. The summed E-state index contributed by atoms with van der Waals surface area (Å²) < 4.78 is 6.35. The molecule has 0 fully saturated rings. The third-order valence-corrected chi connectivity index (χ3v) is 3.62. The van der Waals surface area contributed by atoms with E-state index in [2.05, 4.69) is 34.8 Å². The summed E-state index contributed by atoms with van der Waals surface area (Å²) in [4.78, 5) is 6.46. The fourth-order valence-electron chi connectivity index (χ4n) is 1.92. The molecule has 0 atom stereocenters. The van der Waals surface area contributed by atoms with Crippen LogP contribution in [0.5, 0.6) is 5.75 Å². The van der Waals surface area contributed by atoms with Crippen LogP contribution in [-0.2, 0) is 6.42 Å². The minimum atomic E-state index is 0. The molecule has 1 aromatic rings. The number of hydrogen-bond acceptors (Lipinski definition) is 2. The highest BCUT2D eigenvalue weighted by atomic mass is 127. The molecule has 0 unspecified atom stereocenters. The SMILES string of the molecule is CCN(CC)C(N)=NCCc1cccc(Br)c1OC.I.